The zero-order valence-corrected chi connectivity index (χ0v) is 17.7. The fourth-order valence-corrected chi connectivity index (χ4v) is 4.16. The largest absolute Gasteiger partial charge is 0.371 e. The highest BCUT2D eigenvalue weighted by molar-refractivity contribution is 5.85. The summed E-state index contributed by atoms with van der Waals surface area (Å²) in [6.07, 6.45) is 4.91. The van der Waals surface area contributed by atoms with Gasteiger partial charge in [-0.3, -0.25) is 0 Å². The molecule has 0 unspecified atom stereocenters. The van der Waals surface area contributed by atoms with Crippen LogP contribution in [0.3, 0.4) is 0 Å². The third kappa shape index (κ3) is 5.84. The highest BCUT2D eigenvalue weighted by Gasteiger charge is 2.22. The second kappa shape index (κ2) is 11.0. The van der Waals surface area contributed by atoms with Crippen molar-refractivity contribution < 1.29 is 4.39 Å². The highest BCUT2D eigenvalue weighted by atomic mass is 35.5. The molecule has 2 N–H and O–H groups in total. The van der Waals surface area contributed by atoms with Crippen molar-refractivity contribution in [1.29, 1.82) is 0 Å². The van der Waals surface area contributed by atoms with Gasteiger partial charge in [0.05, 0.1) is 0 Å². The van der Waals surface area contributed by atoms with Gasteiger partial charge < -0.3 is 15.5 Å². The molecule has 4 rings (SSSR count). The molecule has 0 aliphatic carbocycles. The van der Waals surface area contributed by atoms with E-state index in [1.165, 1.54) is 37.4 Å². The van der Waals surface area contributed by atoms with Gasteiger partial charge in [-0.25, -0.2) is 4.39 Å². The van der Waals surface area contributed by atoms with Gasteiger partial charge in [-0.05, 0) is 74.2 Å². The molecule has 0 aromatic heterocycles. The third-order valence-corrected chi connectivity index (χ3v) is 5.70. The Hall–Kier alpha value is -1.33. The molecule has 2 aliphatic heterocycles. The molecule has 0 bridgehead atoms. The first kappa shape index (κ1) is 23.0. The van der Waals surface area contributed by atoms with Crippen molar-refractivity contribution in [3.8, 4) is 11.1 Å². The number of nitrogens with zero attached hydrogens (tertiary/aromatic N) is 1. The maximum Gasteiger partial charge on any atom is 0.123 e. The Balaban J connectivity index is 0.00000140. The zero-order valence-electron chi connectivity index (χ0n) is 16.1. The lowest BCUT2D eigenvalue weighted by atomic mass is 9.99. The van der Waals surface area contributed by atoms with Crippen molar-refractivity contribution in [2.24, 2.45) is 0 Å². The van der Waals surface area contributed by atoms with Crippen molar-refractivity contribution in [2.45, 2.75) is 37.8 Å². The minimum Gasteiger partial charge on any atom is -0.371 e. The molecule has 0 saturated carbocycles. The average Bonchev–Trinajstić information content (AvgIpc) is 2.70. The minimum atomic E-state index is -0.185. The van der Waals surface area contributed by atoms with Gasteiger partial charge in [0.1, 0.15) is 5.82 Å². The smallest absolute Gasteiger partial charge is 0.123 e. The van der Waals surface area contributed by atoms with Crippen LogP contribution >= 0.6 is 24.8 Å². The first-order valence-corrected chi connectivity index (χ1v) is 9.86. The fourth-order valence-electron chi connectivity index (χ4n) is 4.16. The summed E-state index contributed by atoms with van der Waals surface area (Å²) in [5.41, 5.74) is 3.27. The maximum absolute atomic E-state index is 13.4. The molecular formula is C22H30Cl2FN3. The normalized spacial score (nSPS) is 18.2. The van der Waals surface area contributed by atoms with Crippen LogP contribution in [0.25, 0.3) is 11.1 Å². The SMILES string of the molecule is Cl.Cl.Fc1cccc(-c2ccc(N3CCC(NC4CCNCC4)CC3)cc2)c1. The molecule has 2 aromatic rings. The molecule has 0 atom stereocenters. The average molecular weight is 426 g/mol. The van der Waals surface area contributed by atoms with E-state index in [4.69, 9.17) is 0 Å². The lowest BCUT2D eigenvalue weighted by Crippen LogP contribution is -2.49. The number of nitrogens with one attached hydrogen (secondary N) is 2. The highest BCUT2D eigenvalue weighted by Crippen LogP contribution is 2.26. The van der Waals surface area contributed by atoms with Crippen LogP contribution in [0, 0.1) is 5.82 Å². The summed E-state index contributed by atoms with van der Waals surface area (Å²) in [4.78, 5) is 2.47. The Morgan fingerprint density at radius 2 is 1.46 bits per heavy atom. The van der Waals surface area contributed by atoms with Crippen molar-refractivity contribution in [1.82, 2.24) is 10.6 Å². The van der Waals surface area contributed by atoms with Crippen LogP contribution in [0.1, 0.15) is 25.7 Å². The first-order valence-electron chi connectivity index (χ1n) is 9.86. The van der Waals surface area contributed by atoms with Gasteiger partial charge in [0.2, 0.25) is 0 Å². The first-order chi connectivity index (χ1) is 12.8. The molecule has 2 fully saturated rings. The van der Waals surface area contributed by atoms with Gasteiger partial charge in [0, 0.05) is 30.9 Å². The summed E-state index contributed by atoms with van der Waals surface area (Å²) in [5.74, 6) is -0.185. The third-order valence-electron chi connectivity index (χ3n) is 5.70. The lowest BCUT2D eigenvalue weighted by molar-refractivity contribution is 0.316. The monoisotopic (exact) mass is 425 g/mol. The van der Waals surface area contributed by atoms with E-state index in [9.17, 15) is 4.39 Å². The number of anilines is 1. The molecule has 154 valence electrons. The summed E-state index contributed by atoms with van der Waals surface area (Å²) in [5, 5.41) is 7.29. The molecule has 2 saturated heterocycles. The second-order valence-electron chi connectivity index (χ2n) is 7.51. The van der Waals surface area contributed by atoms with Gasteiger partial charge >= 0.3 is 0 Å². The Kier molecular flexibility index (Phi) is 9.03. The van der Waals surface area contributed by atoms with Crippen LogP contribution < -0.4 is 15.5 Å². The predicted octanol–water partition coefficient (Wildman–Crippen LogP) is 4.65. The van der Waals surface area contributed by atoms with Crippen molar-refractivity contribution in [3.05, 3.63) is 54.3 Å². The van der Waals surface area contributed by atoms with E-state index in [1.54, 1.807) is 12.1 Å². The molecule has 6 heteroatoms. The van der Waals surface area contributed by atoms with Crippen LogP contribution in [-0.4, -0.2) is 38.3 Å². The molecule has 0 radical (unpaired) electrons. The molecular weight excluding hydrogens is 396 g/mol. The van der Waals surface area contributed by atoms with Crippen LogP contribution in [0.2, 0.25) is 0 Å². The molecule has 28 heavy (non-hydrogen) atoms. The van der Waals surface area contributed by atoms with E-state index in [2.05, 4.69) is 39.8 Å². The number of benzene rings is 2. The summed E-state index contributed by atoms with van der Waals surface area (Å²) < 4.78 is 13.4. The van der Waals surface area contributed by atoms with E-state index in [0.29, 0.717) is 12.1 Å². The Morgan fingerprint density at radius 1 is 0.821 bits per heavy atom. The Labute approximate surface area is 179 Å². The topological polar surface area (TPSA) is 27.3 Å². The number of halogens is 3. The van der Waals surface area contributed by atoms with Gasteiger partial charge in [-0.2, -0.15) is 0 Å². The Morgan fingerprint density at radius 3 is 2.11 bits per heavy atom. The molecule has 0 spiro atoms. The zero-order chi connectivity index (χ0) is 17.8. The summed E-state index contributed by atoms with van der Waals surface area (Å²) >= 11 is 0. The second-order valence-corrected chi connectivity index (χ2v) is 7.51. The molecule has 3 nitrogen and oxygen atoms in total. The van der Waals surface area contributed by atoms with Gasteiger partial charge in [-0.1, -0.05) is 24.3 Å². The molecule has 0 amide bonds. The predicted molar refractivity (Wildman–Crippen MR) is 121 cm³/mol. The number of rotatable bonds is 4. The van der Waals surface area contributed by atoms with E-state index in [-0.39, 0.29) is 30.6 Å². The minimum absolute atomic E-state index is 0. The van der Waals surface area contributed by atoms with Crippen molar-refractivity contribution in [2.75, 3.05) is 31.1 Å². The summed E-state index contributed by atoms with van der Waals surface area (Å²) in [6, 6.07) is 16.7. The van der Waals surface area contributed by atoms with Crippen LogP contribution in [0.15, 0.2) is 48.5 Å². The molecule has 2 aromatic carbocycles. The molecule has 2 aliphatic rings. The van der Waals surface area contributed by atoms with Gasteiger partial charge in [0.25, 0.3) is 0 Å². The van der Waals surface area contributed by atoms with E-state index in [0.717, 1.165) is 37.3 Å². The standard InChI is InChI=1S/C22H28FN3.2ClH/c23-19-3-1-2-18(16-19)17-4-6-22(7-5-17)26-14-10-21(11-15-26)25-20-8-12-24-13-9-20;;/h1-7,16,20-21,24-25H,8-15H2;2*1H. The lowest BCUT2D eigenvalue weighted by Gasteiger charge is -2.36. The van der Waals surface area contributed by atoms with Crippen LogP contribution in [0.5, 0.6) is 0 Å². The quantitative estimate of drug-likeness (QED) is 0.746. The Bertz CT molecular complexity index is 712. The van der Waals surface area contributed by atoms with Crippen molar-refractivity contribution >= 4 is 30.5 Å². The summed E-state index contributed by atoms with van der Waals surface area (Å²) in [7, 11) is 0. The van der Waals surface area contributed by atoms with E-state index in [1.807, 2.05) is 6.07 Å². The van der Waals surface area contributed by atoms with Gasteiger partial charge in [-0.15, -0.1) is 24.8 Å². The number of piperidine rings is 2. The number of hydrogen-bond donors (Lipinski definition) is 2. The summed E-state index contributed by atoms with van der Waals surface area (Å²) in [6.45, 7) is 4.49. The number of hydrogen-bond acceptors (Lipinski definition) is 3. The van der Waals surface area contributed by atoms with E-state index < -0.39 is 0 Å². The molecule has 2 heterocycles. The van der Waals surface area contributed by atoms with E-state index >= 15 is 0 Å². The van der Waals surface area contributed by atoms with Gasteiger partial charge in [0.15, 0.2) is 0 Å². The van der Waals surface area contributed by atoms with Crippen LogP contribution in [0.4, 0.5) is 10.1 Å². The van der Waals surface area contributed by atoms with Crippen LogP contribution in [-0.2, 0) is 0 Å². The fraction of sp³-hybridized carbons (Fsp3) is 0.455. The maximum atomic E-state index is 13.4. The van der Waals surface area contributed by atoms with Crippen molar-refractivity contribution in [3.63, 3.8) is 0 Å².